The minimum absolute atomic E-state index is 0.0305. The van der Waals surface area contributed by atoms with Crippen molar-refractivity contribution in [2.24, 2.45) is 0 Å². The van der Waals surface area contributed by atoms with Gasteiger partial charge in [0.1, 0.15) is 0 Å². The van der Waals surface area contributed by atoms with Gasteiger partial charge in [0.25, 0.3) is 0 Å². The molecule has 0 spiro atoms. The lowest BCUT2D eigenvalue weighted by molar-refractivity contribution is -0.119. The number of aromatic nitrogens is 2. The largest absolute Gasteiger partial charge is 0.353 e. The molecular formula is C15H19N3OS3. The number of aryl methyl sites for hydroxylation is 1. The highest BCUT2D eigenvalue weighted by Crippen LogP contribution is 2.25. The summed E-state index contributed by atoms with van der Waals surface area (Å²) in [5.41, 5.74) is 2.11. The van der Waals surface area contributed by atoms with Gasteiger partial charge in [-0.1, -0.05) is 48.2 Å². The summed E-state index contributed by atoms with van der Waals surface area (Å²) in [5, 5.41) is 7.47. The molecule has 1 aromatic carbocycles. The van der Waals surface area contributed by atoms with Gasteiger partial charge < -0.3 is 5.32 Å². The maximum Gasteiger partial charge on any atom is 0.230 e. The smallest absolute Gasteiger partial charge is 0.230 e. The van der Waals surface area contributed by atoms with Gasteiger partial charge in [-0.05, 0) is 44.1 Å². The van der Waals surface area contributed by atoms with Gasteiger partial charge in [0, 0.05) is 6.04 Å². The van der Waals surface area contributed by atoms with E-state index in [4.69, 9.17) is 12.2 Å². The highest BCUT2D eigenvalue weighted by Gasteiger charge is 2.11. The van der Waals surface area contributed by atoms with Crippen molar-refractivity contribution in [3.63, 3.8) is 0 Å². The molecule has 1 atom stereocenters. The average Bonchev–Trinajstić information content (AvgIpc) is 2.86. The molecule has 0 bridgehead atoms. The van der Waals surface area contributed by atoms with Crippen LogP contribution in [0.2, 0.25) is 0 Å². The fourth-order valence-electron chi connectivity index (χ4n) is 1.82. The Hall–Kier alpha value is -1.18. The first-order chi connectivity index (χ1) is 10.5. The molecule has 2 aromatic rings. The molecule has 0 aliphatic rings. The monoisotopic (exact) mass is 353 g/mol. The number of para-hydroxylation sites is 1. The van der Waals surface area contributed by atoms with Crippen LogP contribution in [0.1, 0.15) is 25.8 Å². The molecule has 0 aliphatic carbocycles. The first kappa shape index (κ1) is 17.2. The molecule has 22 heavy (non-hydrogen) atoms. The van der Waals surface area contributed by atoms with Gasteiger partial charge in [0.05, 0.1) is 11.4 Å². The molecule has 1 heterocycles. The lowest BCUT2D eigenvalue weighted by Gasteiger charge is -2.10. The number of benzene rings is 1. The van der Waals surface area contributed by atoms with Crippen molar-refractivity contribution in [2.75, 3.05) is 5.75 Å². The van der Waals surface area contributed by atoms with E-state index in [2.05, 4.69) is 10.4 Å². The first-order valence-corrected chi connectivity index (χ1v) is 9.30. The SMILES string of the molecule is CC[C@H](C)NC(=O)CSc1nn(-c2ccccc2C)c(=S)s1. The normalized spacial score (nSPS) is 12.1. The Balaban J connectivity index is 2.06. The summed E-state index contributed by atoms with van der Waals surface area (Å²) >= 11 is 8.25. The third-order valence-corrected chi connectivity index (χ3v) is 5.58. The van der Waals surface area contributed by atoms with E-state index >= 15 is 0 Å². The van der Waals surface area contributed by atoms with Gasteiger partial charge >= 0.3 is 0 Å². The van der Waals surface area contributed by atoms with Crippen LogP contribution in [0.3, 0.4) is 0 Å². The van der Waals surface area contributed by atoms with Gasteiger partial charge in [-0.25, -0.2) is 4.68 Å². The fourth-order valence-corrected chi connectivity index (χ4v) is 3.98. The predicted molar refractivity (Wildman–Crippen MR) is 95.6 cm³/mol. The van der Waals surface area contributed by atoms with Crippen LogP contribution in [0, 0.1) is 10.9 Å². The third kappa shape index (κ3) is 4.41. The molecule has 0 radical (unpaired) electrons. The Morgan fingerprint density at radius 1 is 1.50 bits per heavy atom. The van der Waals surface area contributed by atoms with Crippen molar-refractivity contribution in [3.8, 4) is 5.69 Å². The van der Waals surface area contributed by atoms with Gasteiger partial charge in [-0.2, -0.15) is 0 Å². The van der Waals surface area contributed by atoms with Crippen LogP contribution in [0.4, 0.5) is 0 Å². The molecule has 7 heteroatoms. The molecule has 1 aromatic heterocycles. The summed E-state index contributed by atoms with van der Waals surface area (Å²) in [6, 6.07) is 8.19. The van der Waals surface area contributed by atoms with E-state index in [0.29, 0.717) is 9.71 Å². The Labute approximate surface area is 143 Å². The highest BCUT2D eigenvalue weighted by atomic mass is 32.2. The summed E-state index contributed by atoms with van der Waals surface area (Å²) in [6.07, 6.45) is 0.928. The zero-order valence-electron chi connectivity index (χ0n) is 12.8. The lowest BCUT2D eigenvalue weighted by Crippen LogP contribution is -2.33. The van der Waals surface area contributed by atoms with Crippen LogP contribution in [-0.4, -0.2) is 27.5 Å². The number of thioether (sulfide) groups is 1. The maximum absolute atomic E-state index is 11.8. The second-order valence-electron chi connectivity index (χ2n) is 5.00. The van der Waals surface area contributed by atoms with Crippen LogP contribution >= 0.6 is 35.3 Å². The number of carbonyl (C=O) groups is 1. The highest BCUT2D eigenvalue weighted by molar-refractivity contribution is 8.01. The first-order valence-electron chi connectivity index (χ1n) is 7.09. The molecule has 4 nitrogen and oxygen atoms in total. The summed E-state index contributed by atoms with van der Waals surface area (Å²) in [7, 11) is 0. The van der Waals surface area contributed by atoms with Crippen LogP contribution in [0.25, 0.3) is 5.69 Å². The molecule has 0 unspecified atom stereocenters. The number of amides is 1. The Morgan fingerprint density at radius 3 is 2.91 bits per heavy atom. The van der Waals surface area contributed by atoms with Crippen LogP contribution in [0.15, 0.2) is 28.6 Å². The molecular weight excluding hydrogens is 334 g/mol. The van der Waals surface area contributed by atoms with Gasteiger partial charge in [0.15, 0.2) is 8.29 Å². The van der Waals surface area contributed by atoms with E-state index in [1.807, 2.05) is 45.0 Å². The molecule has 0 saturated heterocycles. The standard InChI is InChI=1S/C15H19N3OS3/c1-4-11(3)16-13(19)9-21-14-17-18(15(20)22-14)12-8-6-5-7-10(12)2/h5-8,11H,4,9H2,1-3H3,(H,16,19)/t11-/m0/s1. The van der Waals surface area contributed by atoms with E-state index in [-0.39, 0.29) is 11.9 Å². The minimum atomic E-state index is 0.0305. The van der Waals surface area contributed by atoms with Crippen molar-refractivity contribution in [1.29, 1.82) is 0 Å². The van der Waals surface area contributed by atoms with Crippen LogP contribution in [0.5, 0.6) is 0 Å². The predicted octanol–water partition coefficient (Wildman–Crippen LogP) is 3.98. The quantitative estimate of drug-likeness (QED) is 0.630. The van der Waals surface area contributed by atoms with Crippen molar-refractivity contribution < 1.29 is 4.79 Å². The fraction of sp³-hybridized carbons (Fsp3) is 0.400. The van der Waals surface area contributed by atoms with E-state index in [9.17, 15) is 4.79 Å². The number of nitrogens with zero attached hydrogens (tertiary/aromatic N) is 2. The number of rotatable bonds is 6. The third-order valence-electron chi connectivity index (χ3n) is 3.22. The molecule has 0 fully saturated rings. The van der Waals surface area contributed by atoms with Gasteiger partial charge in [0.2, 0.25) is 5.91 Å². The topological polar surface area (TPSA) is 46.9 Å². The maximum atomic E-state index is 11.8. The Bertz CT molecular complexity index is 708. The number of nitrogens with one attached hydrogen (secondary N) is 1. The Kier molecular flexibility index (Phi) is 6.16. The summed E-state index contributed by atoms with van der Waals surface area (Å²) in [5.74, 6) is 0.392. The van der Waals surface area contributed by atoms with Crippen molar-refractivity contribution in [3.05, 3.63) is 33.8 Å². The molecule has 118 valence electrons. The van der Waals surface area contributed by atoms with E-state index in [0.717, 1.165) is 22.0 Å². The number of carbonyl (C=O) groups excluding carboxylic acids is 1. The second kappa shape index (κ2) is 7.89. The van der Waals surface area contributed by atoms with Crippen molar-refractivity contribution in [2.45, 2.75) is 37.6 Å². The minimum Gasteiger partial charge on any atom is -0.353 e. The lowest BCUT2D eigenvalue weighted by atomic mass is 10.2. The zero-order chi connectivity index (χ0) is 16.1. The second-order valence-corrected chi connectivity index (χ2v) is 7.84. The van der Waals surface area contributed by atoms with Crippen molar-refractivity contribution >= 4 is 41.2 Å². The molecule has 0 aliphatic heterocycles. The molecule has 1 N–H and O–H groups in total. The zero-order valence-corrected chi connectivity index (χ0v) is 15.3. The van der Waals surface area contributed by atoms with E-state index < -0.39 is 0 Å². The van der Waals surface area contributed by atoms with Gasteiger partial charge in [-0.15, -0.1) is 5.10 Å². The summed E-state index contributed by atoms with van der Waals surface area (Å²) in [4.78, 5) is 11.8. The molecule has 1 amide bonds. The summed E-state index contributed by atoms with van der Waals surface area (Å²) < 4.78 is 3.27. The van der Waals surface area contributed by atoms with Gasteiger partial charge in [-0.3, -0.25) is 4.79 Å². The van der Waals surface area contributed by atoms with Crippen molar-refractivity contribution in [1.82, 2.24) is 15.1 Å². The Morgan fingerprint density at radius 2 is 2.23 bits per heavy atom. The number of hydrogen-bond acceptors (Lipinski definition) is 5. The number of hydrogen-bond donors (Lipinski definition) is 1. The van der Waals surface area contributed by atoms with Crippen LogP contribution in [-0.2, 0) is 4.79 Å². The molecule has 2 rings (SSSR count). The summed E-state index contributed by atoms with van der Waals surface area (Å²) in [6.45, 7) is 6.08. The van der Waals surface area contributed by atoms with Crippen LogP contribution < -0.4 is 5.32 Å². The average molecular weight is 354 g/mol. The van der Waals surface area contributed by atoms with E-state index in [1.165, 1.54) is 23.1 Å². The molecule has 0 saturated carbocycles. The van der Waals surface area contributed by atoms with E-state index in [1.54, 1.807) is 4.68 Å².